The van der Waals surface area contributed by atoms with Crippen molar-refractivity contribution in [2.24, 2.45) is 0 Å². The molecule has 3 rings (SSSR count). The van der Waals surface area contributed by atoms with E-state index in [-0.39, 0.29) is 17.7 Å². The molecule has 0 amide bonds. The fourth-order valence-corrected chi connectivity index (χ4v) is 4.27. The molecule has 0 saturated heterocycles. The van der Waals surface area contributed by atoms with Crippen LogP contribution in [0.5, 0.6) is 0 Å². The zero-order valence-corrected chi connectivity index (χ0v) is 19.0. The Labute approximate surface area is 191 Å². The minimum Gasteiger partial charge on any atom is -0.466 e. The second-order valence-corrected chi connectivity index (χ2v) is 8.31. The van der Waals surface area contributed by atoms with E-state index in [1.54, 1.807) is 18.5 Å². The summed E-state index contributed by atoms with van der Waals surface area (Å²) in [6.07, 6.45) is 13.4. The number of hydrogen-bond donors (Lipinski definition) is 0. The Morgan fingerprint density at radius 2 is 1.91 bits per heavy atom. The number of hydrogen-bond acceptors (Lipinski definition) is 5. The second kappa shape index (κ2) is 12.8. The molecule has 1 unspecified atom stereocenters. The Hall–Kier alpha value is -2.95. The van der Waals surface area contributed by atoms with Crippen molar-refractivity contribution < 1.29 is 14.3 Å². The van der Waals surface area contributed by atoms with E-state index in [0.717, 1.165) is 50.8 Å². The standard InChI is InChI=1S/C27H34N2O3/c1-2-32-27(31)19-23-21-29(26-14-8-7-13-25(23)26)18-9-5-3-4-6-12-24(30)16-15-22-11-10-17-28-20-22/h7-8,10-11,13-17,20,23H,2-6,9,12,18-19,21H2,1H3/b16-15+. The maximum absolute atomic E-state index is 12.0. The van der Waals surface area contributed by atoms with Crippen molar-refractivity contribution in [2.45, 2.75) is 57.8 Å². The number of carbonyl (C=O) groups is 2. The molecule has 0 spiro atoms. The zero-order chi connectivity index (χ0) is 22.6. The van der Waals surface area contributed by atoms with Crippen LogP contribution < -0.4 is 4.90 Å². The molecule has 0 saturated carbocycles. The summed E-state index contributed by atoms with van der Waals surface area (Å²) in [7, 11) is 0. The number of unbranched alkanes of at least 4 members (excludes halogenated alkanes) is 4. The minimum atomic E-state index is -0.112. The van der Waals surface area contributed by atoms with E-state index in [9.17, 15) is 9.59 Å². The highest BCUT2D eigenvalue weighted by molar-refractivity contribution is 5.93. The summed E-state index contributed by atoms with van der Waals surface area (Å²) in [5, 5.41) is 0. The third-order valence-electron chi connectivity index (χ3n) is 5.87. The van der Waals surface area contributed by atoms with Crippen LogP contribution in [0.15, 0.2) is 54.9 Å². The summed E-state index contributed by atoms with van der Waals surface area (Å²) < 4.78 is 5.16. The fraction of sp³-hybridized carbons (Fsp3) is 0.444. The van der Waals surface area contributed by atoms with E-state index in [1.165, 1.54) is 11.3 Å². The van der Waals surface area contributed by atoms with Gasteiger partial charge in [0.1, 0.15) is 0 Å². The molecule has 1 aliphatic heterocycles. The van der Waals surface area contributed by atoms with Crippen LogP contribution >= 0.6 is 0 Å². The average Bonchev–Trinajstić information content (AvgIpc) is 3.15. The van der Waals surface area contributed by atoms with Gasteiger partial charge in [-0.3, -0.25) is 14.6 Å². The number of ketones is 1. The van der Waals surface area contributed by atoms with Gasteiger partial charge in [0.15, 0.2) is 5.78 Å². The van der Waals surface area contributed by atoms with Crippen LogP contribution in [0.2, 0.25) is 0 Å². The molecule has 1 atom stereocenters. The summed E-state index contributed by atoms with van der Waals surface area (Å²) in [4.78, 5) is 30.4. The molecule has 2 heterocycles. The van der Waals surface area contributed by atoms with E-state index in [1.807, 2.05) is 31.2 Å². The normalized spacial score (nSPS) is 15.2. The van der Waals surface area contributed by atoms with Gasteiger partial charge >= 0.3 is 5.97 Å². The third-order valence-corrected chi connectivity index (χ3v) is 5.87. The highest BCUT2D eigenvalue weighted by Gasteiger charge is 2.29. The lowest BCUT2D eigenvalue weighted by molar-refractivity contribution is -0.143. The van der Waals surface area contributed by atoms with Crippen LogP contribution in [0.1, 0.15) is 68.9 Å². The van der Waals surface area contributed by atoms with Crippen LogP contribution in [0.4, 0.5) is 5.69 Å². The number of fused-ring (bicyclic) bond motifs is 1. The molecule has 32 heavy (non-hydrogen) atoms. The molecule has 1 aromatic carbocycles. The molecular weight excluding hydrogens is 400 g/mol. The molecule has 1 aromatic heterocycles. The second-order valence-electron chi connectivity index (χ2n) is 8.31. The van der Waals surface area contributed by atoms with E-state index >= 15 is 0 Å². The maximum Gasteiger partial charge on any atom is 0.306 e. The van der Waals surface area contributed by atoms with Gasteiger partial charge in [-0.25, -0.2) is 0 Å². The number of aromatic nitrogens is 1. The van der Waals surface area contributed by atoms with Gasteiger partial charge in [-0.2, -0.15) is 0 Å². The first-order valence-electron chi connectivity index (χ1n) is 11.8. The smallest absolute Gasteiger partial charge is 0.306 e. The van der Waals surface area contributed by atoms with Crippen LogP contribution in [-0.4, -0.2) is 36.4 Å². The number of carbonyl (C=O) groups excluding carboxylic acids is 2. The van der Waals surface area contributed by atoms with Gasteiger partial charge in [-0.1, -0.05) is 43.5 Å². The van der Waals surface area contributed by atoms with Gasteiger partial charge in [0.05, 0.1) is 13.0 Å². The van der Waals surface area contributed by atoms with Crippen molar-refractivity contribution in [1.82, 2.24) is 4.98 Å². The number of allylic oxidation sites excluding steroid dienone is 1. The van der Waals surface area contributed by atoms with Crippen LogP contribution in [-0.2, 0) is 14.3 Å². The number of ether oxygens (including phenoxy) is 1. The first kappa shape index (κ1) is 23.7. The topological polar surface area (TPSA) is 59.5 Å². The lowest BCUT2D eigenvalue weighted by atomic mass is 9.98. The highest BCUT2D eigenvalue weighted by atomic mass is 16.5. The van der Waals surface area contributed by atoms with Crippen molar-refractivity contribution in [3.8, 4) is 0 Å². The van der Waals surface area contributed by atoms with Gasteiger partial charge in [0, 0.05) is 43.5 Å². The number of rotatable bonds is 13. The predicted octanol–water partition coefficient (Wildman–Crippen LogP) is 5.56. The number of esters is 1. The minimum absolute atomic E-state index is 0.112. The third kappa shape index (κ3) is 7.33. The molecule has 0 aliphatic carbocycles. The first-order valence-corrected chi connectivity index (χ1v) is 11.8. The Morgan fingerprint density at radius 1 is 1.09 bits per heavy atom. The lowest BCUT2D eigenvalue weighted by Crippen LogP contribution is -2.24. The summed E-state index contributed by atoms with van der Waals surface area (Å²) in [5.41, 5.74) is 3.47. The number of benzene rings is 1. The molecule has 5 heteroatoms. The van der Waals surface area contributed by atoms with Crippen LogP contribution in [0, 0.1) is 0 Å². The SMILES string of the molecule is CCOC(=O)CC1CN(CCCCCCCC(=O)/C=C/c2cccnc2)c2ccccc21. The summed E-state index contributed by atoms with van der Waals surface area (Å²) >= 11 is 0. The molecule has 0 N–H and O–H groups in total. The van der Waals surface area contributed by atoms with Crippen LogP contribution in [0.3, 0.4) is 0 Å². The largest absolute Gasteiger partial charge is 0.466 e. The Morgan fingerprint density at radius 3 is 2.72 bits per heavy atom. The van der Waals surface area contributed by atoms with Crippen molar-refractivity contribution in [3.63, 3.8) is 0 Å². The van der Waals surface area contributed by atoms with Gasteiger partial charge in [0.2, 0.25) is 0 Å². The van der Waals surface area contributed by atoms with E-state index < -0.39 is 0 Å². The Balaban J connectivity index is 1.32. The Bertz CT molecular complexity index is 895. The number of para-hydroxylation sites is 1. The van der Waals surface area contributed by atoms with E-state index in [2.05, 4.69) is 28.1 Å². The molecule has 5 nitrogen and oxygen atoms in total. The summed E-state index contributed by atoms with van der Waals surface area (Å²) in [6.45, 7) is 4.17. The first-order chi connectivity index (χ1) is 15.7. The maximum atomic E-state index is 12.0. The van der Waals surface area contributed by atoms with Gasteiger partial charge in [-0.15, -0.1) is 0 Å². The summed E-state index contributed by atoms with van der Waals surface area (Å²) in [6, 6.07) is 12.2. The zero-order valence-electron chi connectivity index (χ0n) is 19.0. The average molecular weight is 435 g/mol. The molecule has 0 radical (unpaired) electrons. The van der Waals surface area contributed by atoms with E-state index in [4.69, 9.17) is 4.74 Å². The number of nitrogens with zero attached hydrogens (tertiary/aromatic N) is 2. The number of pyridine rings is 1. The monoisotopic (exact) mass is 434 g/mol. The molecular formula is C27H34N2O3. The summed E-state index contributed by atoms with van der Waals surface area (Å²) in [5.74, 6) is 0.283. The van der Waals surface area contributed by atoms with Crippen molar-refractivity contribution in [3.05, 3.63) is 66.0 Å². The van der Waals surface area contributed by atoms with Crippen molar-refractivity contribution in [1.29, 1.82) is 0 Å². The predicted molar refractivity (Wildman–Crippen MR) is 129 cm³/mol. The quantitative estimate of drug-likeness (QED) is 0.235. The molecule has 0 fully saturated rings. The van der Waals surface area contributed by atoms with Gasteiger partial charge in [0.25, 0.3) is 0 Å². The highest BCUT2D eigenvalue weighted by Crippen LogP contribution is 2.38. The molecule has 0 bridgehead atoms. The van der Waals surface area contributed by atoms with Gasteiger partial charge in [-0.05, 0) is 55.2 Å². The van der Waals surface area contributed by atoms with Gasteiger partial charge < -0.3 is 9.64 Å². The lowest BCUT2D eigenvalue weighted by Gasteiger charge is -2.19. The Kier molecular flexibility index (Phi) is 9.48. The molecule has 2 aromatic rings. The van der Waals surface area contributed by atoms with Crippen LogP contribution in [0.25, 0.3) is 6.08 Å². The van der Waals surface area contributed by atoms with Crippen molar-refractivity contribution >= 4 is 23.5 Å². The van der Waals surface area contributed by atoms with E-state index in [0.29, 0.717) is 19.4 Å². The molecule has 170 valence electrons. The molecule has 1 aliphatic rings. The van der Waals surface area contributed by atoms with Crippen molar-refractivity contribution in [2.75, 3.05) is 24.6 Å². The fourth-order valence-electron chi connectivity index (χ4n) is 4.27. The number of anilines is 1.